The molecular weight excluding hydrogens is 252 g/mol. The molecule has 0 aromatic rings. The quantitative estimate of drug-likeness (QED) is 0.836. The van der Waals surface area contributed by atoms with E-state index in [1.165, 1.54) is 16.7 Å². The Hall–Kier alpha value is -0.910. The van der Waals surface area contributed by atoms with Gasteiger partial charge in [-0.2, -0.15) is 0 Å². The highest BCUT2D eigenvalue weighted by molar-refractivity contribution is 7.99. The first-order valence-electron chi connectivity index (χ1n) is 6.00. The molecule has 2 amide bonds. The standard InChI is InChI=1S/C12H22N2O3S/c1-8(12(2,3)4)13(5)11(17)14-7-18-6-9(14)10(15)16/h8-9H,6-7H2,1-5H3,(H,15,16). The van der Waals surface area contributed by atoms with E-state index in [4.69, 9.17) is 5.11 Å². The number of aliphatic carboxylic acids is 1. The second-order valence-electron chi connectivity index (χ2n) is 5.76. The molecule has 5 nitrogen and oxygen atoms in total. The van der Waals surface area contributed by atoms with Crippen LogP contribution in [-0.4, -0.2) is 57.7 Å². The van der Waals surface area contributed by atoms with Gasteiger partial charge in [-0.1, -0.05) is 20.8 Å². The number of amides is 2. The van der Waals surface area contributed by atoms with Crippen LogP contribution >= 0.6 is 11.8 Å². The Labute approximate surface area is 113 Å². The van der Waals surface area contributed by atoms with E-state index in [0.29, 0.717) is 11.6 Å². The van der Waals surface area contributed by atoms with Crippen molar-refractivity contribution in [2.45, 2.75) is 39.8 Å². The van der Waals surface area contributed by atoms with E-state index in [9.17, 15) is 9.59 Å². The van der Waals surface area contributed by atoms with Crippen molar-refractivity contribution in [3.8, 4) is 0 Å². The summed E-state index contributed by atoms with van der Waals surface area (Å²) >= 11 is 1.48. The van der Waals surface area contributed by atoms with E-state index in [1.807, 2.05) is 6.92 Å². The fourth-order valence-electron chi connectivity index (χ4n) is 1.78. The lowest BCUT2D eigenvalue weighted by molar-refractivity contribution is -0.141. The number of carboxylic acids is 1. The van der Waals surface area contributed by atoms with Crippen molar-refractivity contribution in [1.82, 2.24) is 9.80 Å². The van der Waals surface area contributed by atoms with Crippen LogP contribution in [0.3, 0.4) is 0 Å². The molecule has 0 spiro atoms. The number of carbonyl (C=O) groups excluding carboxylic acids is 1. The summed E-state index contributed by atoms with van der Waals surface area (Å²) in [6.07, 6.45) is 0. The average Bonchev–Trinajstić information content (AvgIpc) is 2.73. The highest BCUT2D eigenvalue weighted by atomic mass is 32.2. The molecule has 0 saturated carbocycles. The van der Waals surface area contributed by atoms with Gasteiger partial charge in [-0.25, -0.2) is 9.59 Å². The van der Waals surface area contributed by atoms with Gasteiger partial charge in [0.25, 0.3) is 0 Å². The van der Waals surface area contributed by atoms with Crippen LogP contribution in [0.15, 0.2) is 0 Å². The Bertz CT molecular complexity index is 341. The smallest absolute Gasteiger partial charge is 0.327 e. The average molecular weight is 274 g/mol. The van der Waals surface area contributed by atoms with Gasteiger partial charge in [-0.05, 0) is 12.3 Å². The number of thioether (sulfide) groups is 1. The monoisotopic (exact) mass is 274 g/mol. The molecule has 1 N–H and O–H groups in total. The number of carboxylic acid groups (broad SMARTS) is 1. The molecule has 1 rings (SSSR count). The van der Waals surface area contributed by atoms with Crippen LogP contribution in [0.5, 0.6) is 0 Å². The molecule has 0 aromatic heterocycles. The minimum Gasteiger partial charge on any atom is -0.480 e. The van der Waals surface area contributed by atoms with Gasteiger partial charge in [-0.15, -0.1) is 11.8 Å². The second kappa shape index (κ2) is 5.38. The van der Waals surface area contributed by atoms with Gasteiger partial charge in [0, 0.05) is 18.8 Å². The van der Waals surface area contributed by atoms with Crippen LogP contribution in [0.25, 0.3) is 0 Å². The first-order chi connectivity index (χ1) is 8.16. The summed E-state index contributed by atoms with van der Waals surface area (Å²) in [6.45, 7) is 8.18. The first kappa shape index (κ1) is 15.1. The molecule has 6 heteroatoms. The lowest BCUT2D eigenvalue weighted by atomic mass is 9.87. The number of rotatable bonds is 2. The van der Waals surface area contributed by atoms with E-state index in [-0.39, 0.29) is 17.5 Å². The number of urea groups is 1. The zero-order valence-corrected chi connectivity index (χ0v) is 12.5. The molecule has 0 aliphatic carbocycles. The van der Waals surface area contributed by atoms with Crippen molar-refractivity contribution in [2.24, 2.45) is 5.41 Å². The fraction of sp³-hybridized carbons (Fsp3) is 0.833. The Morgan fingerprint density at radius 3 is 2.44 bits per heavy atom. The van der Waals surface area contributed by atoms with Gasteiger partial charge in [0.2, 0.25) is 0 Å². The van der Waals surface area contributed by atoms with E-state index >= 15 is 0 Å². The molecule has 0 aromatic carbocycles. The van der Waals surface area contributed by atoms with Crippen LogP contribution in [0.1, 0.15) is 27.7 Å². The highest BCUT2D eigenvalue weighted by Gasteiger charge is 2.38. The molecule has 104 valence electrons. The third kappa shape index (κ3) is 3.10. The van der Waals surface area contributed by atoms with Crippen LogP contribution in [-0.2, 0) is 4.79 Å². The maximum absolute atomic E-state index is 12.3. The summed E-state index contributed by atoms with van der Waals surface area (Å²) in [5, 5.41) is 9.09. The summed E-state index contributed by atoms with van der Waals surface area (Å²) in [5.41, 5.74) is -0.0317. The molecule has 1 saturated heterocycles. The fourth-order valence-corrected chi connectivity index (χ4v) is 2.92. The van der Waals surface area contributed by atoms with Gasteiger partial charge in [0.05, 0.1) is 5.88 Å². The van der Waals surface area contributed by atoms with Crippen LogP contribution in [0.2, 0.25) is 0 Å². The van der Waals surface area contributed by atoms with Crippen molar-refractivity contribution in [3.05, 3.63) is 0 Å². The number of hydrogen-bond acceptors (Lipinski definition) is 3. The Balaban J connectivity index is 2.78. The van der Waals surface area contributed by atoms with E-state index in [2.05, 4.69) is 20.8 Å². The van der Waals surface area contributed by atoms with Gasteiger partial charge in [0.1, 0.15) is 6.04 Å². The molecule has 2 unspecified atom stereocenters. The van der Waals surface area contributed by atoms with Gasteiger partial charge >= 0.3 is 12.0 Å². The summed E-state index contributed by atoms with van der Waals surface area (Å²) in [6, 6.07) is -0.850. The third-order valence-corrected chi connectivity index (χ3v) is 4.56. The highest BCUT2D eigenvalue weighted by Crippen LogP contribution is 2.27. The normalized spacial score (nSPS) is 21.8. The molecule has 1 fully saturated rings. The minimum absolute atomic E-state index is 0.0317. The van der Waals surface area contributed by atoms with E-state index < -0.39 is 12.0 Å². The van der Waals surface area contributed by atoms with E-state index in [0.717, 1.165) is 0 Å². The van der Waals surface area contributed by atoms with Crippen molar-refractivity contribution in [3.63, 3.8) is 0 Å². The van der Waals surface area contributed by atoms with Crippen LogP contribution in [0, 0.1) is 5.41 Å². The second-order valence-corrected chi connectivity index (χ2v) is 6.76. The first-order valence-corrected chi connectivity index (χ1v) is 7.15. The van der Waals surface area contributed by atoms with Gasteiger partial charge < -0.3 is 14.9 Å². The molecule has 1 heterocycles. The van der Waals surface area contributed by atoms with Crippen molar-refractivity contribution < 1.29 is 14.7 Å². The Morgan fingerprint density at radius 2 is 2.00 bits per heavy atom. The maximum Gasteiger partial charge on any atom is 0.327 e. The van der Waals surface area contributed by atoms with Crippen molar-refractivity contribution in [1.29, 1.82) is 0 Å². The largest absolute Gasteiger partial charge is 0.480 e. The third-order valence-electron chi connectivity index (χ3n) is 3.55. The maximum atomic E-state index is 12.3. The zero-order valence-electron chi connectivity index (χ0n) is 11.6. The predicted octanol–water partition coefficient (Wildman–Crippen LogP) is 1.93. The molecule has 0 radical (unpaired) electrons. The van der Waals surface area contributed by atoms with Crippen LogP contribution in [0.4, 0.5) is 4.79 Å². The molecule has 1 aliphatic rings. The predicted molar refractivity (Wildman–Crippen MR) is 72.7 cm³/mol. The Kier molecular flexibility index (Phi) is 4.53. The van der Waals surface area contributed by atoms with Gasteiger partial charge in [0.15, 0.2) is 0 Å². The van der Waals surface area contributed by atoms with Gasteiger partial charge in [-0.3, -0.25) is 0 Å². The number of nitrogens with zero attached hydrogens (tertiary/aromatic N) is 2. The van der Waals surface area contributed by atoms with Crippen molar-refractivity contribution >= 4 is 23.8 Å². The minimum atomic E-state index is -0.926. The summed E-state index contributed by atoms with van der Waals surface area (Å²) in [5.74, 6) is 0.000628. The topological polar surface area (TPSA) is 60.9 Å². The number of carbonyl (C=O) groups is 2. The molecule has 2 atom stereocenters. The van der Waals surface area contributed by atoms with E-state index in [1.54, 1.807) is 11.9 Å². The summed E-state index contributed by atoms with van der Waals surface area (Å²) < 4.78 is 0. The van der Waals surface area contributed by atoms with Crippen molar-refractivity contribution in [2.75, 3.05) is 18.7 Å². The molecular formula is C12H22N2O3S. The molecule has 18 heavy (non-hydrogen) atoms. The Morgan fingerprint density at radius 1 is 1.44 bits per heavy atom. The SMILES string of the molecule is CC(N(C)C(=O)N1CSCC1C(=O)O)C(C)(C)C. The molecule has 1 aliphatic heterocycles. The summed E-state index contributed by atoms with van der Waals surface area (Å²) in [7, 11) is 1.74. The molecule has 0 bridgehead atoms. The lowest BCUT2D eigenvalue weighted by Crippen LogP contribution is -2.52. The van der Waals surface area contributed by atoms with Crippen LogP contribution < -0.4 is 0 Å². The lowest BCUT2D eigenvalue weighted by Gasteiger charge is -2.38. The summed E-state index contributed by atoms with van der Waals surface area (Å²) in [4.78, 5) is 26.5. The number of hydrogen-bond donors (Lipinski definition) is 1. The zero-order chi connectivity index (χ0) is 14.1.